The quantitative estimate of drug-likeness (QED) is 0.815. The number of amides is 1. The molecule has 0 spiro atoms. The summed E-state index contributed by atoms with van der Waals surface area (Å²) in [6.45, 7) is 5.99. The molecule has 1 saturated heterocycles. The van der Waals surface area contributed by atoms with E-state index in [1.165, 1.54) is 5.56 Å². The van der Waals surface area contributed by atoms with E-state index in [2.05, 4.69) is 15.6 Å². The van der Waals surface area contributed by atoms with E-state index in [1.807, 2.05) is 26.0 Å². The second kappa shape index (κ2) is 5.96. The van der Waals surface area contributed by atoms with Crippen LogP contribution in [0.15, 0.2) is 24.5 Å². The van der Waals surface area contributed by atoms with E-state index in [0.29, 0.717) is 5.92 Å². The van der Waals surface area contributed by atoms with E-state index in [9.17, 15) is 4.79 Å². The van der Waals surface area contributed by atoms with Gasteiger partial charge in [0.25, 0.3) is 0 Å². The number of carbonyl (C=O) groups excluding carboxylic acids is 1. The van der Waals surface area contributed by atoms with E-state index < -0.39 is 0 Å². The van der Waals surface area contributed by atoms with Crippen molar-refractivity contribution < 1.29 is 4.79 Å². The largest absolute Gasteiger partial charge is 0.353 e. The van der Waals surface area contributed by atoms with Crippen molar-refractivity contribution in [3.63, 3.8) is 0 Å². The Bertz CT molecular complexity index is 389. The summed E-state index contributed by atoms with van der Waals surface area (Å²) in [6, 6.07) is 4.14. The van der Waals surface area contributed by atoms with Gasteiger partial charge in [-0.3, -0.25) is 9.78 Å². The van der Waals surface area contributed by atoms with Crippen molar-refractivity contribution in [1.82, 2.24) is 15.6 Å². The Morgan fingerprint density at radius 3 is 2.67 bits per heavy atom. The zero-order valence-electron chi connectivity index (χ0n) is 11.0. The maximum absolute atomic E-state index is 12.0. The van der Waals surface area contributed by atoms with Gasteiger partial charge in [0.05, 0.1) is 0 Å². The molecule has 1 aliphatic rings. The molecule has 1 aromatic rings. The third-order valence-electron chi connectivity index (χ3n) is 3.61. The predicted molar refractivity (Wildman–Crippen MR) is 71.1 cm³/mol. The van der Waals surface area contributed by atoms with Crippen LogP contribution in [0.3, 0.4) is 0 Å². The first-order valence-corrected chi connectivity index (χ1v) is 6.57. The third kappa shape index (κ3) is 3.29. The maximum Gasteiger partial charge on any atom is 0.223 e. The van der Waals surface area contributed by atoms with Crippen molar-refractivity contribution in [3.05, 3.63) is 30.1 Å². The number of nitrogens with zero attached hydrogens (tertiary/aromatic N) is 1. The van der Waals surface area contributed by atoms with Crippen molar-refractivity contribution in [3.8, 4) is 0 Å². The number of nitrogens with one attached hydrogen (secondary N) is 2. The monoisotopic (exact) mass is 247 g/mol. The molecule has 2 atom stereocenters. The summed E-state index contributed by atoms with van der Waals surface area (Å²) in [5, 5.41) is 6.29. The number of rotatable bonds is 5. The lowest BCUT2D eigenvalue weighted by Gasteiger charge is -2.32. The summed E-state index contributed by atoms with van der Waals surface area (Å²) in [7, 11) is 0. The van der Waals surface area contributed by atoms with Gasteiger partial charge in [0.2, 0.25) is 5.91 Å². The van der Waals surface area contributed by atoms with Gasteiger partial charge in [0.15, 0.2) is 0 Å². The van der Waals surface area contributed by atoms with E-state index in [1.54, 1.807) is 12.4 Å². The van der Waals surface area contributed by atoms with Crippen LogP contribution in [-0.4, -0.2) is 30.0 Å². The Balaban J connectivity index is 1.79. The highest BCUT2D eigenvalue weighted by Crippen LogP contribution is 2.16. The Hall–Kier alpha value is -1.42. The molecule has 2 rings (SSSR count). The Morgan fingerprint density at radius 2 is 2.11 bits per heavy atom. The molecule has 0 saturated carbocycles. The molecule has 0 radical (unpaired) electrons. The third-order valence-corrected chi connectivity index (χ3v) is 3.61. The smallest absolute Gasteiger partial charge is 0.223 e. The first kappa shape index (κ1) is 13.0. The van der Waals surface area contributed by atoms with Gasteiger partial charge < -0.3 is 10.6 Å². The van der Waals surface area contributed by atoms with E-state index in [4.69, 9.17) is 0 Å². The zero-order chi connectivity index (χ0) is 13.0. The minimum Gasteiger partial charge on any atom is -0.353 e. The second-order valence-electron chi connectivity index (χ2n) is 5.18. The lowest BCUT2D eigenvalue weighted by Crippen LogP contribution is -2.50. The van der Waals surface area contributed by atoms with Crippen LogP contribution in [0, 0.1) is 11.8 Å². The van der Waals surface area contributed by atoms with Crippen molar-refractivity contribution in [1.29, 1.82) is 0 Å². The lowest BCUT2D eigenvalue weighted by atomic mass is 9.88. The molecular formula is C14H21N3O. The summed E-state index contributed by atoms with van der Waals surface area (Å²) >= 11 is 0. The topological polar surface area (TPSA) is 54.0 Å². The fraction of sp³-hybridized carbons (Fsp3) is 0.571. The molecule has 98 valence electrons. The van der Waals surface area contributed by atoms with Gasteiger partial charge >= 0.3 is 0 Å². The van der Waals surface area contributed by atoms with Crippen molar-refractivity contribution in [2.45, 2.75) is 26.3 Å². The molecule has 1 fully saturated rings. The standard InChI is InChI=1S/C14H21N3O/c1-10(7-12-3-5-15-6-4-12)17-14(18)11(2)13-8-16-9-13/h3-6,10-11,13,16H,7-9H2,1-2H3,(H,17,18). The number of hydrogen-bond donors (Lipinski definition) is 2. The molecule has 4 nitrogen and oxygen atoms in total. The maximum atomic E-state index is 12.0. The molecule has 0 bridgehead atoms. The molecule has 1 aliphatic heterocycles. The molecule has 2 N–H and O–H groups in total. The SMILES string of the molecule is CC(Cc1ccncc1)NC(=O)C(C)C1CNC1. The van der Waals surface area contributed by atoms with E-state index in [-0.39, 0.29) is 17.9 Å². The number of pyridine rings is 1. The molecule has 1 amide bonds. The van der Waals surface area contributed by atoms with Crippen LogP contribution < -0.4 is 10.6 Å². The number of carbonyl (C=O) groups is 1. The van der Waals surface area contributed by atoms with Gasteiger partial charge in [-0.25, -0.2) is 0 Å². The molecule has 2 unspecified atom stereocenters. The Labute approximate surface area is 108 Å². The highest BCUT2D eigenvalue weighted by atomic mass is 16.1. The summed E-state index contributed by atoms with van der Waals surface area (Å²) in [6.07, 6.45) is 4.42. The van der Waals surface area contributed by atoms with Gasteiger partial charge in [-0.15, -0.1) is 0 Å². The summed E-state index contributed by atoms with van der Waals surface area (Å²) in [5.41, 5.74) is 1.20. The van der Waals surface area contributed by atoms with Gasteiger partial charge in [-0.1, -0.05) is 6.92 Å². The van der Waals surface area contributed by atoms with Crippen LogP contribution in [-0.2, 0) is 11.2 Å². The summed E-state index contributed by atoms with van der Waals surface area (Å²) < 4.78 is 0. The fourth-order valence-electron chi connectivity index (χ4n) is 2.18. The molecular weight excluding hydrogens is 226 g/mol. The van der Waals surface area contributed by atoms with Crippen LogP contribution in [0.4, 0.5) is 0 Å². The minimum absolute atomic E-state index is 0.103. The molecule has 2 heterocycles. The van der Waals surface area contributed by atoms with E-state index >= 15 is 0 Å². The highest BCUT2D eigenvalue weighted by molar-refractivity contribution is 5.79. The average molecular weight is 247 g/mol. The van der Waals surface area contributed by atoms with Crippen LogP contribution in [0.5, 0.6) is 0 Å². The summed E-state index contributed by atoms with van der Waals surface area (Å²) in [5.74, 6) is 0.771. The predicted octanol–water partition coefficient (Wildman–Crippen LogP) is 0.984. The van der Waals surface area contributed by atoms with Crippen molar-refractivity contribution >= 4 is 5.91 Å². The number of hydrogen-bond acceptors (Lipinski definition) is 3. The molecule has 0 aliphatic carbocycles. The molecule has 18 heavy (non-hydrogen) atoms. The van der Waals surface area contributed by atoms with Gasteiger partial charge in [-0.2, -0.15) is 0 Å². The Morgan fingerprint density at radius 1 is 1.44 bits per heavy atom. The molecule has 0 aromatic carbocycles. The fourth-order valence-corrected chi connectivity index (χ4v) is 2.18. The average Bonchev–Trinajstić information content (AvgIpc) is 2.27. The Kier molecular flexibility index (Phi) is 4.31. The van der Waals surface area contributed by atoms with Crippen molar-refractivity contribution in [2.75, 3.05) is 13.1 Å². The van der Waals surface area contributed by atoms with Crippen LogP contribution in [0.25, 0.3) is 0 Å². The van der Waals surface area contributed by atoms with Crippen LogP contribution in [0.1, 0.15) is 19.4 Å². The normalized spacial score (nSPS) is 18.8. The molecule has 1 aromatic heterocycles. The molecule has 4 heteroatoms. The first-order valence-electron chi connectivity index (χ1n) is 6.57. The van der Waals surface area contributed by atoms with Gasteiger partial charge in [0, 0.05) is 24.4 Å². The van der Waals surface area contributed by atoms with Crippen molar-refractivity contribution in [2.24, 2.45) is 11.8 Å². The zero-order valence-corrected chi connectivity index (χ0v) is 11.0. The first-order chi connectivity index (χ1) is 8.66. The lowest BCUT2D eigenvalue weighted by molar-refractivity contribution is -0.127. The minimum atomic E-state index is 0.103. The van der Waals surface area contributed by atoms with E-state index in [0.717, 1.165) is 19.5 Å². The highest BCUT2D eigenvalue weighted by Gasteiger charge is 2.29. The summed E-state index contributed by atoms with van der Waals surface area (Å²) in [4.78, 5) is 16.0. The number of aromatic nitrogens is 1. The van der Waals surface area contributed by atoms with Crippen LogP contribution in [0.2, 0.25) is 0 Å². The van der Waals surface area contributed by atoms with Gasteiger partial charge in [0.1, 0.15) is 0 Å². The van der Waals surface area contributed by atoms with Gasteiger partial charge in [-0.05, 0) is 50.0 Å². The second-order valence-corrected chi connectivity index (χ2v) is 5.18. The van der Waals surface area contributed by atoms with Crippen LogP contribution >= 0.6 is 0 Å².